The van der Waals surface area contributed by atoms with Gasteiger partial charge in [0, 0.05) is 33.1 Å². The molecule has 0 radical (unpaired) electrons. The number of aliphatic imine (C=N–C) groups is 1. The molecule has 1 saturated heterocycles. The monoisotopic (exact) mass is 542 g/mol. The third-order valence-corrected chi connectivity index (χ3v) is 5.86. The van der Waals surface area contributed by atoms with Crippen molar-refractivity contribution < 1.29 is 4.79 Å². The van der Waals surface area contributed by atoms with Crippen molar-refractivity contribution in [3.05, 3.63) is 83.4 Å². The van der Waals surface area contributed by atoms with Crippen molar-refractivity contribution in [2.45, 2.75) is 38.9 Å². The van der Waals surface area contributed by atoms with E-state index in [0.29, 0.717) is 19.5 Å². The van der Waals surface area contributed by atoms with Gasteiger partial charge in [0.05, 0.1) is 6.04 Å². The van der Waals surface area contributed by atoms with Crippen molar-refractivity contribution >= 4 is 46.6 Å². The van der Waals surface area contributed by atoms with Gasteiger partial charge in [0.25, 0.3) is 0 Å². The third kappa shape index (κ3) is 5.79. The maximum absolute atomic E-state index is 11.9. The molecule has 4 rings (SSSR count). The minimum Gasteiger partial charge on any atom is -0.352 e. The van der Waals surface area contributed by atoms with Gasteiger partial charge in [-0.2, -0.15) is 0 Å². The number of likely N-dealkylation sites (tertiary alicyclic amines) is 1. The minimum absolute atomic E-state index is 0. The Labute approximate surface area is 207 Å². The molecule has 3 aromatic rings. The van der Waals surface area contributed by atoms with Crippen LogP contribution in [0.4, 0.5) is 0 Å². The largest absolute Gasteiger partial charge is 0.352 e. The Bertz CT molecular complexity index is 1090. The van der Waals surface area contributed by atoms with E-state index in [2.05, 4.69) is 89.3 Å². The predicted octanol–water partition coefficient (Wildman–Crippen LogP) is 5.01. The summed E-state index contributed by atoms with van der Waals surface area (Å²) in [5.74, 6) is 1.02. The predicted molar refractivity (Wildman–Crippen MR) is 142 cm³/mol. The van der Waals surface area contributed by atoms with E-state index in [9.17, 15) is 4.79 Å². The molecule has 2 N–H and O–H groups in total. The maximum atomic E-state index is 11.9. The Balaban J connectivity index is 0.00000289. The molecule has 1 fully saturated rings. The van der Waals surface area contributed by atoms with Gasteiger partial charge in [-0.15, -0.1) is 24.0 Å². The molecule has 168 valence electrons. The zero-order valence-electron chi connectivity index (χ0n) is 18.7. The van der Waals surface area contributed by atoms with Gasteiger partial charge in [-0.25, -0.2) is 0 Å². The first-order chi connectivity index (χ1) is 15.1. The first-order valence-electron chi connectivity index (χ1n) is 10.9. The van der Waals surface area contributed by atoms with Gasteiger partial charge in [0.1, 0.15) is 0 Å². The average molecular weight is 542 g/mol. The summed E-state index contributed by atoms with van der Waals surface area (Å²) < 4.78 is 0. The second-order valence-corrected chi connectivity index (χ2v) is 8.10. The molecule has 1 heterocycles. The lowest BCUT2D eigenvalue weighted by atomic mass is 10.00. The summed E-state index contributed by atoms with van der Waals surface area (Å²) in [5.41, 5.74) is 3.59. The molecular formula is C26H31IN4O. The second-order valence-electron chi connectivity index (χ2n) is 8.10. The lowest BCUT2D eigenvalue weighted by molar-refractivity contribution is -0.128. The van der Waals surface area contributed by atoms with Crippen LogP contribution in [0.2, 0.25) is 0 Å². The number of amides is 1. The fourth-order valence-corrected chi connectivity index (χ4v) is 4.22. The van der Waals surface area contributed by atoms with E-state index in [-0.39, 0.29) is 35.9 Å². The van der Waals surface area contributed by atoms with Crippen molar-refractivity contribution in [3.63, 3.8) is 0 Å². The minimum atomic E-state index is 0. The lowest BCUT2D eigenvalue weighted by Crippen LogP contribution is -2.38. The van der Waals surface area contributed by atoms with Crippen molar-refractivity contribution in [1.29, 1.82) is 0 Å². The van der Waals surface area contributed by atoms with Gasteiger partial charge in [0.15, 0.2) is 5.96 Å². The van der Waals surface area contributed by atoms with E-state index in [1.54, 1.807) is 7.05 Å². The standard InChI is InChI=1S/C26H30N4O.HI/c1-19(23-13-6-11-22-10-3-4-12-24(22)23)29-26(27-2)28-17-20-8-5-9-21(16-20)18-30-15-7-14-25(30)31;/h3-6,8-13,16,19H,7,14-15,17-18H2,1-2H3,(H2,27,28,29);1H. The van der Waals surface area contributed by atoms with E-state index in [0.717, 1.165) is 18.9 Å². The van der Waals surface area contributed by atoms with Crippen LogP contribution in [0.5, 0.6) is 0 Å². The van der Waals surface area contributed by atoms with E-state index >= 15 is 0 Å². The van der Waals surface area contributed by atoms with Gasteiger partial charge >= 0.3 is 0 Å². The summed E-state index contributed by atoms with van der Waals surface area (Å²) in [4.78, 5) is 18.3. The second kappa shape index (κ2) is 11.3. The zero-order chi connectivity index (χ0) is 21.6. The number of carbonyl (C=O) groups excluding carboxylic acids is 1. The number of benzene rings is 3. The van der Waals surface area contributed by atoms with Crippen LogP contribution in [0.1, 0.15) is 42.5 Å². The molecule has 1 unspecified atom stereocenters. The highest BCUT2D eigenvalue weighted by Gasteiger charge is 2.20. The summed E-state index contributed by atoms with van der Waals surface area (Å²) in [6, 6.07) is 23.4. The highest BCUT2D eigenvalue weighted by atomic mass is 127. The summed E-state index contributed by atoms with van der Waals surface area (Å²) in [6.45, 7) is 4.38. The number of carbonyl (C=O) groups is 1. The van der Waals surface area contributed by atoms with Gasteiger partial charge in [-0.05, 0) is 40.8 Å². The molecule has 1 aliphatic rings. The average Bonchev–Trinajstić information content (AvgIpc) is 3.20. The molecule has 3 aromatic carbocycles. The van der Waals surface area contributed by atoms with Crippen LogP contribution in [0.3, 0.4) is 0 Å². The number of guanidine groups is 1. The first-order valence-corrected chi connectivity index (χ1v) is 10.9. The maximum Gasteiger partial charge on any atom is 0.222 e. The SMILES string of the molecule is CN=C(NCc1cccc(CN2CCCC2=O)c1)NC(C)c1cccc2ccccc12.I. The number of nitrogens with one attached hydrogen (secondary N) is 2. The van der Waals surface area contributed by atoms with E-state index < -0.39 is 0 Å². The molecule has 1 aliphatic heterocycles. The molecule has 0 saturated carbocycles. The fraction of sp³-hybridized carbons (Fsp3) is 0.308. The van der Waals surface area contributed by atoms with Gasteiger partial charge in [0.2, 0.25) is 5.91 Å². The van der Waals surface area contributed by atoms with Gasteiger partial charge < -0.3 is 15.5 Å². The van der Waals surface area contributed by atoms with E-state index in [4.69, 9.17) is 0 Å². The normalized spacial score (nSPS) is 14.9. The van der Waals surface area contributed by atoms with Crippen molar-refractivity contribution in [3.8, 4) is 0 Å². The molecule has 5 nitrogen and oxygen atoms in total. The molecule has 0 bridgehead atoms. The molecule has 0 aromatic heterocycles. The van der Waals surface area contributed by atoms with Crippen LogP contribution in [-0.2, 0) is 17.9 Å². The molecule has 1 amide bonds. The first kappa shape index (κ1) is 24.0. The smallest absolute Gasteiger partial charge is 0.222 e. The number of hydrogen-bond acceptors (Lipinski definition) is 2. The number of hydrogen-bond donors (Lipinski definition) is 2. The molecule has 1 atom stereocenters. The molecule has 32 heavy (non-hydrogen) atoms. The fourth-order valence-electron chi connectivity index (χ4n) is 4.22. The third-order valence-electron chi connectivity index (χ3n) is 5.86. The molecule has 6 heteroatoms. The number of nitrogens with zero attached hydrogens (tertiary/aromatic N) is 2. The highest BCUT2D eigenvalue weighted by molar-refractivity contribution is 14.0. The van der Waals surface area contributed by atoms with Crippen LogP contribution in [0.25, 0.3) is 10.8 Å². The summed E-state index contributed by atoms with van der Waals surface area (Å²) in [6.07, 6.45) is 1.65. The van der Waals surface area contributed by atoms with Crippen molar-refractivity contribution in [2.24, 2.45) is 4.99 Å². The Morgan fingerprint density at radius 3 is 2.59 bits per heavy atom. The Morgan fingerprint density at radius 2 is 1.81 bits per heavy atom. The van der Waals surface area contributed by atoms with Crippen molar-refractivity contribution in [1.82, 2.24) is 15.5 Å². The summed E-state index contributed by atoms with van der Waals surface area (Å²) >= 11 is 0. The summed E-state index contributed by atoms with van der Waals surface area (Å²) in [5, 5.41) is 9.43. The number of fused-ring (bicyclic) bond motifs is 1. The quantitative estimate of drug-likeness (QED) is 0.262. The van der Waals surface area contributed by atoms with Crippen molar-refractivity contribution in [2.75, 3.05) is 13.6 Å². The van der Waals surface area contributed by atoms with Gasteiger partial charge in [-0.1, -0.05) is 66.7 Å². The van der Waals surface area contributed by atoms with E-state index in [1.165, 1.54) is 27.5 Å². The lowest BCUT2D eigenvalue weighted by Gasteiger charge is -2.20. The topological polar surface area (TPSA) is 56.7 Å². The molecule has 0 aliphatic carbocycles. The van der Waals surface area contributed by atoms with Gasteiger partial charge in [-0.3, -0.25) is 9.79 Å². The Hall–Kier alpha value is -2.61. The van der Waals surface area contributed by atoms with Crippen LogP contribution < -0.4 is 10.6 Å². The van der Waals surface area contributed by atoms with E-state index in [1.807, 2.05) is 4.90 Å². The zero-order valence-corrected chi connectivity index (χ0v) is 21.0. The van der Waals surface area contributed by atoms with Crippen LogP contribution in [-0.4, -0.2) is 30.4 Å². The summed E-state index contributed by atoms with van der Waals surface area (Å²) in [7, 11) is 1.79. The molecular weight excluding hydrogens is 511 g/mol. The highest BCUT2D eigenvalue weighted by Crippen LogP contribution is 2.24. The number of rotatable bonds is 6. The van der Waals surface area contributed by atoms with Crippen LogP contribution in [0, 0.1) is 0 Å². The van der Waals surface area contributed by atoms with Crippen LogP contribution >= 0.6 is 24.0 Å². The number of halogens is 1. The van der Waals surface area contributed by atoms with Crippen LogP contribution in [0.15, 0.2) is 71.7 Å². The Kier molecular flexibility index (Phi) is 8.50. The Morgan fingerprint density at radius 1 is 1.06 bits per heavy atom. The molecule has 0 spiro atoms.